The van der Waals surface area contributed by atoms with Crippen molar-refractivity contribution in [2.45, 2.75) is 32.2 Å². The zero-order valence-electron chi connectivity index (χ0n) is 14.7. The summed E-state index contributed by atoms with van der Waals surface area (Å²) in [6.45, 7) is 6.33. The van der Waals surface area contributed by atoms with Gasteiger partial charge in [0.2, 0.25) is 5.91 Å². The van der Waals surface area contributed by atoms with Gasteiger partial charge in [0, 0.05) is 38.8 Å². The monoisotopic (exact) mass is 344 g/mol. The number of anilines is 1. The van der Waals surface area contributed by atoms with Crippen LogP contribution in [0.4, 0.5) is 10.1 Å². The molecule has 2 saturated heterocycles. The van der Waals surface area contributed by atoms with Gasteiger partial charge in [0.15, 0.2) is 0 Å². The van der Waals surface area contributed by atoms with Crippen molar-refractivity contribution < 1.29 is 9.18 Å². The molecule has 3 rings (SSSR count). The molecule has 6 heteroatoms. The maximum Gasteiger partial charge on any atom is 0.236 e. The zero-order chi connectivity index (χ0) is 17.8. The molecule has 2 aliphatic rings. The van der Waals surface area contributed by atoms with Crippen LogP contribution >= 0.6 is 0 Å². The van der Waals surface area contributed by atoms with Gasteiger partial charge in [-0.1, -0.05) is 6.07 Å². The number of piperidine rings is 1. The summed E-state index contributed by atoms with van der Waals surface area (Å²) in [5.74, 6) is -0.263. The summed E-state index contributed by atoms with van der Waals surface area (Å²) >= 11 is 0. The lowest BCUT2D eigenvalue weighted by Crippen LogP contribution is -2.52. The highest BCUT2D eigenvalue weighted by molar-refractivity contribution is 5.78. The predicted octanol–water partition coefficient (Wildman–Crippen LogP) is 2.22. The lowest BCUT2D eigenvalue weighted by molar-refractivity contribution is -0.135. The second kappa shape index (κ2) is 7.83. The number of nitriles is 1. The first kappa shape index (κ1) is 17.7. The smallest absolute Gasteiger partial charge is 0.236 e. The molecule has 134 valence electrons. The van der Waals surface area contributed by atoms with Crippen LogP contribution in [-0.2, 0) is 4.79 Å². The minimum atomic E-state index is -0.475. The Labute approximate surface area is 148 Å². The molecule has 0 N–H and O–H groups in total. The van der Waals surface area contributed by atoms with Gasteiger partial charge in [-0.05, 0) is 38.3 Å². The summed E-state index contributed by atoms with van der Waals surface area (Å²) in [5.41, 5.74) is 0.757. The van der Waals surface area contributed by atoms with E-state index in [1.807, 2.05) is 15.9 Å². The number of rotatable bonds is 3. The third-order valence-electron chi connectivity index (χ3n) is 5.30. The summed E-state index contributed by atoms with van der Waals surface area (Å²) in [5, 5.41) is 9.19. The Morgan fingerprint density at radius 3 is 2.68 bits per heavy atom. The molecule has 0 aliphatic carbocycles. The van der Waals surface area contributed by atoms with Crippen LogP contribution in [0.15, 0.2) is 18.2 Å². The fourth-order valence-electron chi connectivity index (χ4n) is 3.78. The van der Waals surface area contributed by atoms with Gasteiger partial charge in [0.25, 0.3) is 0 Å². The molecule has 2 heterocycles. The molecular formula is C19H25FN4O. The quantitative estimate of drug-likeness (QED) is 0.844. The Morgan fingerprint density at radius 1 is 1.24 bits per heavy atom. The first-order chi connectivity index (χ1) is 12.1. The molecule has 1 aromatic carbocycles. The lowest BCUT2D eigenvalue weighted by atomic mass is 10.0. The molecule has 25 heavy (non-hydrogen) atoms. The van der Waals surface area contributed by atoms with E-state index in [9.17, 15) is 14.4 Å². The summed E-state index contributed by atoms with van der Waals surface area (Å²) < 4.78 is 13.8. The minimum Gasteiger partial charge on any atom is -0.368 e. The molecule has 0 spiro atoms. The Kier molecular flexibility index (Phi) is 5.54. The summed E-state index contributed by atoms with van der Waals surface area (Å²) in [6.07, 6.45) is 3.40. The van der Waals surface area contributed by atoms with E-state index < -0.39 is 5.82 Å². The topological polar surface area (TPSA) is 50.6 Å². The van der Waals surface area contributed by atoms with E-state index in [1.165, 1.54) is 12.5 Å². The van der Waals surface area contributed by atoms with Gasteiger partial charge in [-0.25, -0.2) is 4.39 Å². The van der Waals surface area contributed by atoms with E-state index in [0.29, 0.717) is 31.4 Å². The number of halogens is 1. The Hall–Kier alpha value is -2.13. The van der Waals surface area contributed by atoms with E-state index in [1.54, 1.807) is 12.1 Å². The average Bonchev–Trinajstić information content (AvgIpc) is 2.62. The number of piperazine rings is 1. The first-order valence-corrected chi connectivity index (χ1v) is 9.05. The van der Waals surface area contributed by atoms with E-state index in [0.717, 1.165) is 32.5 Å². The zero-order valence-corrected chi connectivity index (χ0v) is 14.7. The molecule has 1 unspecified atom stereocenters. The third-order valence-corrected chi connectivity index (χ3v) is 5.30. The predicted molar refractivity (Wildman–Crippen MR) is 94.8 cm³/mol. The molecule has 0 radical (unpaired) electrons. The van der Waals surface area contributed by atoms with Crippen LogP contribution in [-0.4, -0.2) is 61.0 Å². The number of hydrogen-bond donors (Lipinski definition) is 0. The maximum absolute atomic E-state index is 13.8. The molecule has 0 aromatic heterocycles. The summed E-state index contributed by atoms with van der Waals surface area (Å²) in [6, 6.07) is 7.05. The van der Waals surface area contributed by atoms with Crippen molar-refractivity contribution in [2.75, 3.05) is 44.2 Å². The van der Waals surface area contributed by atoms with E-state index in [-0.39, 0.29) is 11.5 Å². The van der Waals surface area contributed by atoms with Crippen molar-refractivity contribution in [1.29, 1.82) is 5.26 Å². The molecular weight excluding hydrogens is 319 g/mol. The first-order valence-electron chi connectivity index (χ1n) is 9.05. The van der Waals surface area contributed by atoms with Gasteiger partial charge in [-0.3, -0.25) is 9.69 Å². The molecule has 2 aliphatic heterocycles. The molecule has 5 nitrogen and oxygen atoms in total. The van der Waals surface area contributed by atoms with Crippen LogP contribution in [0.2, 0.25) is 0 Å². The molecule has 1 aromatic rings. The lowest BCUT2D eigenvalue weighted by Gasteiger charge is -2.38. The van der Waals surface area contributed by atoms with Crippen molar-refractivity contribution in [3.05, 3.63) is 29.6 Å². The minimum absolute atomic E-state index is 0.106. The number of carbonyl (C=O) groups excluding carboxylic acids is 1. The number of benzene rings is 1. The Morgan fingerprint density at radius 2 is 2.00 bits per heavy atom. The molecule has 1 atom stereocenters. The SMILES string of the molecule is CC1CCCCN1C(=O)CN1CCN(c2cccc(F)c2C#N)CC1. The number of amides is 1. The number of hydrogen-bond acceptors (Lipinski definition) is 4. The standard InChI is InChI=1S/C19H25FN4O/c1-15-5-2-3-8-24(15)19(25)14-22-9-11-23(12-10-22)18-7-4-6-17(20)16(18)13-21/h4,6-7,15H,2-3,5,8-12,14H2,1H3. The summed E-state index contributed by atoms with van der Waals surface area (Å²) in [4.78, 5) is 18.8. The molecule has 0 saturated carbocycles. The number of nitrogens with zero attached hydrogens (tertiary/aromatic N) is 4. The fourth-order valence-corrected chi connectivity index (χ4v) is 3.78. The highest BCUT2D eigenvalue weighted by Gasteiger charge is 2.27. The highest BCUT2D eigenvalue weighted by Crippen LogP contribution is 2.24. The van der Waals surface area contributed by atoms with Crippen molar-refractivity contribution in [3.63, 3.8) is 0 Å². The van der Waals surface area contributed by atoms with Gasteiger partial charge in [0.1, 0.15) is 17.4 Å². The highest BCUT2D eigenvalue weighted by atomic mass is 19.1. The van der Waals surface area contributed by atoms with Crippen LogP contribution in [0.1, 0.15) is 31.7 Å². The van der Waals surface area contributed by atoms with Crippen molar-refractivity contribution in [1.82, 2.24) is 9.80 Å². The second-order valence-electron chi connectivity index (χ2n) is 6.94. The van der Waals surface area contributed by atoms with E-state index >= 15 is 0 Å². The second-order valence-corrected chi connectivity index (χ2v) is 6.94. The van der Waals surface area contributed by atoms with Crippen LogP contribution < -0.4 is 4.90 Å². The summed E-state index contributed by atoms with van der Waals surface area (Å²) in [7, 11) is 0. The van der Waals surface area contributed by atoms with Crippen molar-refractivity contribution >= 4 is 11.6 Å². The van der Waals surface area contributed by atoms with Crippen LogP contribution in [0.3, 0.4) is 0 Å². The molecule has 2 fully saturated rings. The van der Waals surface area contributed by atoms with Crippen molar-refractivity contribution in [2.24, 2.45) is 0 Å². The Balaban J connectivity index is 1.56. The fraction of sp³-hybridized carbons (Fsp3) is 0.579. The van der Waals surface area contributed by atoms with Crippen LogP contribution in [0, 0.1) is 17.1 Å². The molecule has 1 amide bonds. The normalized spacial score (nSPS) is 21.9. The van der Waals surface area contributed by atoms with E-state index in [2.05, 4.69) is 11.8 Å². The number of carbonyl (C=O) groups is 1. The van der Waals surface area contributed by atoms with Gasteiger partial charge in [0.05, 0.1) is 12.2 Å². The van der Waals surface area contributed by atoms with Gasteiger partial charge in [-0.15, -0.1) is 0 Å². The Bertz CT molecular complexity index is 664. The average molecular weight is 344 g/mol. The van der Waals surface area contributed by atoms with Crippen LogP contribution in [0.25, 0.3) is 0 Å². The number of likely N-dealkylation sites (tertiary alicyclic amines) is 1. The van der Waals surface area contributed by atoms with Gasteiger partial charge in [-0.2, -0.15) is 5.26 Å². The maximum atomic E-state index is 13.8. The van der Waals surface area contributed by atoms with Gasteiger partial charge >= 0.3 is 0 Å². The van der Waals surface area contributed by atoms with Crippen LogP contribution in [0.5, 0.6) is 0 Å². The largest absolute Gasteiger partial charge is 0.368 e. The molecule has 0 bridgehead atoms. The van der Waals surface area contributed by atoms with E-state index in [4.69, 9.17) is 0 Å². The van der Waals surface area contributed by atoms with Crippen molar-refractivity contribution in [3.8, 4) is 6.07 Å². The third kappa shape index (κ3) is 3.93. The van der Waals surface area contributed by atoms with Gasteiger partial charge < -0.3 is 9.80 Å².